The Balaban J connectivity index is 1.21. The molecule has 0 spiro atoms. The zero-order valence-electron chi connectivity index (χ0n) is 24.6. The molecule has 3 heterocycles. The Kier molecular flexibility index (Phi) is 5.81. The maximum Gasteiger partial charge on any atom is 0.160 e. The quantitative estimate of drug-likeness (QED) is 0.205. The van der Waals surface area contributed by atoms with Crippen LogP contribution in [-0.4, -0.2) is 14.5 Å². The Labute approximate surface area is 264 Å². The van der Waals surface area contributed by atoms with Crippen molar-refractivity contribution in [2.45, 2.75) is 0 Å². The molecule has 0 saturated carbocycles. The number of hydrogen-bond acceptors (Lipinski definition) is 4. The SMILES string of the molecule is N#Cc1ccc(-c2cc(-c3ccccc3)nc(-c3ccc(-n4c5ccccc5c5c6c(ccc54)oc4ccccc46)cc3)n2)cc1. The number of benzene rings is 6. The van der Waals surface area contributed by atoms with Gasteiger partial charge in [-0.3, -0.25) is 0 Å². The number of nitriles is 1. The second-order valence-corrected chi connectivity index (χ2v) is 11.3. The summed E-state index contributed by atoms with van der Waals surface area (Å²) in [6.07, 6.45) is 0. The van der Waals surface area contributed by atoms with Gasteiger partial charge in [0.05, 0.1) is 34.1 Å². The summed E-state index contributed by atoms with van der Waals surface area (Å²) in [7, 11) is 0. The van der Waals surface area contributed by atoms with Crippen LogP contribution in [0, 0.1) is 11.3 Å². The van der Waals surface area contributed by atoms with Crippen LogP contribution in [0.5, 0.6) is 0 Å². The first-order chi connectivity index (χ1) is 22.7. The molecule has 5 nitrogen and oxygen atoms in total. The van der Waals surface area contributed by atoms with E-state index in [1.54, 1.807) is 0 Å². The van der Waals surface area contributed by atoms with Gasteiger partial charge in [-0.2, -0.15) is 5.26 Å². The highest BCUT2D eigenvalue weighted by atomic mass is 16.3. The summed E-state index contributed by atoms with van der Waals surface area (Å²) in [5.41, 5.74) is 10.2. The van der Waals surface area contributed by atoms with Crippen molar-refractivity contribution in [3.05, 3.63) is 151 Å². The predicted molar refractivity (Wildman–Crippen MR) is 185 cm³/mol. The molecular weight excluding hydrogens is 564 g/mol. The normalized spacial score (nSPS) is 11.5. The van der Waals surface area contributed by atoms with E-state index in [0.717, 1.165) is 66.7 Å². The lowest BCUT2D eigenvalue weighted by Gasteiger charge is -2.11. The molecular formula is C41H24N4O. The third kappa shape index (κ3) is 4.09. The van der Waals surface area contributed by atoms with Gasteiger partial charge in [-0.15, -0.1) is 0 Å². The van der Waals surface area contributed by atoms with E-state index >= 15 is 0 Å². The largest absolute Gasteiger partial charge is 0.456 e. The number of aromatic nitrogens is 3. The molecule has 0 amide bonds. The molecule has 0 fully saturated rings. The molecule has 3 aromatic heterocycles. The van der Waals surface area contributed by atoms with Crippen LogP contribution in [0.25, 0.3) is 83.3 Å². The fourth-order valence-electron chi connectivity index (χ4n) is 6.51. The summed E-state index contributed by atoms with van der Waals surface area (Å²) in [5.74, 6) is 0.640. The average molecular weight is 589 g/mol. The Morgan fingerprint density at radius 2 is 1.17 bits per heavy atom. The highest BCUT2D eigenvalue weighted by Crippen LogP contribution is 2.41. The molecule has 214 valence electrons. The summed E-state index contributed by atoms with van der Waals surface area (Å²) in [4.78, 5) is 10.00. The van der Waals surface area contributed by atoms with E-state index in [1.807, 2.05) is 60.7 Å². The number of furan rings is 1. The molecule has 46 heavy (non-hydrogen) atoms. The van der Waals surface area contributed by atoms with Crippen molar-refractivity contribution in [1.29, 1.82) is 5.26 Å². The van der Waals surface area contributed by atoms with Gasteiger partial charge in [-0.1, -0.05) is 78.9 Å². The molecule has 0 atom stereocenters. The van der Waals surface area contributed by atoms with Gasteiger partial charge in [0.2, 0.25) is 0 Å². The van der Waals surface area contributed by atoms with Gasteiger partial charge in [0.25, 0.3) is 0 Å². The van der Waals surface area contributed by atoms with Crippen molar-refractivity contribution >= 4 is 43.7 Å². The summed E-state index contributed by atoms with van der Waals surface area (Å²) in [6.45, 7) is 0. The first-order valence-corrected chi connectivity index (χ1v) is 15.1. The minimum atomic E-state index is 0.614. The lowest BCUT2D eigenvalue weighted by Crippen LogP contribution is -1.97. The topological polar surface area (TPSA) is 67.6 Å². The van der Waals surface area contributed by atoms with Gasteiger partial charge in [0.15, 0.2) is 5.82 Å². The average Bonchev–Trinajstić information content (AvgIpc) is 3.67. The lowest BCUT2D eigenvalue weighted by atomic mass is 10.1. The molecule has 0 aliphatic heterocycles. The molecule has 5 heteroatoms. The maximum atomic E-state index is 9.29. The Morgan fingerprint density at radius 3 is 1.93 bits per heavy atom. The molecule has 0 unspecified atom stereocenters. The van der Waals surface area contributed by atoms with Crippen molar-refractivity contribution in [3.8, 4) is 45.7 Å². The zero-order chi connectivity index (χ0) is 30.6. The first kappa shape index (κ1) is 25.9. The summed E-state index contributed by atoms with van der Waals surface area (Å²) in [5, 5.41) is 13.9. The van der Waals surface area contributed by atoms with E-state index in [-0.39, 0.29) is 0 Å². The molecule has 0 bridgehead atoms. The van der Waals surface area contributed by atoms with Crippen LogP contribution < -0.4 is 0 Å². The summed E-state index contributed by atoms with van der Waals surface area (Å²) >= 11 is 0. The first-order valence-electron chi connectivity index (χ1n) is 15.1. The zero-order valence-corrected chi connectivity index (χ0v) is 24.6. The third-order valence-electron chi connectivity index (χ3n) is 8.67. The molecule has 6 aromatic carbocycles. The van der Waals surface area contributed by atoms with Gasteiger partial charge < -0.3 is 8.98 Å². The van der Waals surface area contributed by atoms with Gasteiger partial charge >= 0.3 is 0 Å². The number of hydrogen-bond donors (Lipinski definition) is 0. The molecule has 0 radical (unpaired) electrons. The standard InChI is InChI=1S/C41H24N4O/c42-25-26-14-16-28(17-15-26)34-24-33(27-8-2-1-3-9-27)43-41(44-34)29-18-20-30(21-19-29)45-35-12-6-4-10-31(35)39-36(45)22-23-38-40(39)32-11-5-7-13-37(32)46-38/h1-24H. The molecule has 0 saturated heterocycles. The second kappa shape index (κ2) is 10.3. The van der Waals surface area contributed by atoms with Gasteiger partial charge in [-0.05, 0) is 66.7 Å². The van der Waals surface area contributed by atoms with Gasteiger partial charge in [0, 0.05) is 43.9 Å². The van der Waals surface area contributed by atoms with Crippen LogP contribution in [0.2, 0.25) is 0 Å². The van der Waals surface area contributed by atoms with E-state index in [9.17, 15) is 5.26 Å². The van der Waals surface area contributed by atoms with E-state index in [4.69, 9.17) is 14.4 Å². The molecule has 9 aromatic rings. The highest BCUT2D eigenvalue weighted by Gasteiger charge is 2.19. The van der Waals surface area contributed by atoms with Crippen molar-refractivity contribution in [2.75, 3.05) is 0 Å². The number of fused-ring (bicyclic) bond motifs is 7. The van der Waals surface area contributed by atoms with Crippen LogP contribution in [0.4, 0.5) is 0 Å². The monoisotopic (exact) mass is 588 g/mol. The van der Waals surface area contributed by atoms with Gasteiger partial charge in [0.1, 0.15) is 11.2 Å². The predicted octanol–water partition coefficient (Wildman–Crippen LogP) is 10.3. The van der Waals surface area contributed by atoms with Crippen molar-refractivity contribution in [1.82, 2.24) is 14.5 Å². The van der Waals surface area contributed by atoms with Crippen molar-refractivity contribution in [2.24, 2.45) is 0 Å². The highest BCUT2D eigenvalue weighted by molar-refractivity contribution is 6.27. The van der Waals surface area contributed by atoms with E-state index < -0.39 is 0 Å². The minimum absolute atomic E-state index is 0.614. The Hall–Kier alpha value is -6.51. The fraction of sp³-hybridized carbons (Fsp3) is 0. The van der Waals surface area contributed by atoms with Crippen LogP contribution in [-0.2, 0) is 0 Å². The minimum Gasteiger partial charge on any atom is -0.456 e. The molecule has 0 aliphatic rings. The molecule has 0 N–H and O–H groups in total. The Morgan fingerprint density at radius 1 is 0.522 bits per heavy atom. The van der Waals surface area contributed by atoms with Crippen molar-refractivity contribution < 1.29 is 4.42 Å². The smallest absolute Gasteiger partial charge is 0.160 e. The fourth-order valence-corrected chi connectivity index (χ4v) is 6.51. The number of para-hydroxylation sites is 2. The maximum absolute atomic E-state index is 9.29. The summed E-state index contributed by atoms with van der Waals surface area (Å²) < 4.78 is 8.56. The number of nitrogens with zero attached hydrogens (tertiary/aromatic N) is 4. The van der Waals surface area contributed by atoms with E-state index in [1.165, 1.54) is 10.8 Å². The third-order valence-corrected chi connectivity index (χ3v) is 8.67. The second-order valence-electron chi connectivity index (χ2n) is 11.3. The number of rotatable bonds is 4. The van der Waals surface area contributed by atoms with E-state index in [2.05, 4.69) is 95.6 Å². The van der Waals surface area contributed by atoms with E-state index in [0.29, 0.717) is 11.4 Å². The Bertz CT molecular complexity index is 2620. The lowest BCUT2D eigenvalue weighted by molar-refractivity contribution is 0.669. The van der Waals surface area contributed by atoms with Crippen LogP contribution in [0.1, 0.15) is 5.56 Å². The van der Waals surface area contributed by atoms with Crippen LogP contribution >= 0.6 is 0 Å². The van der Waals surface area contributed by atoms with Gasteiger partial charge in [-0.25, -0.2) is 9.97 Å². The molecule has 0 aliphatic carbocycles. The van der Waals surface area contributed by atoms with Crippen LogP contribution in [0.3, 0.4) is 0 Å². The van der Waals surface area contributed by atoms with Crippen LogP contribution in [0.15, 0.2) is 150 Å². The van der Waals surface area contributed by atoms with Crippen molar-refractivity contribution in [3.63, 3.8) is 0 Å². The molecule has 9 rings (SSSR count). The summed E-state index contributed by atoms with van der Waals surface area (Å²) in [6, 6.07) is 51.3.